The quantitative estimate of drug-likeness (QED) is 0.369. The number of hydrogen-bond donors (Lipinski definition) is 4. The van der Waals surface area contributed by atoms with Crippen molar-refractivity contribution in [3.05, 3.63) is 71.7 Å². The zero-order valence-electron chi connectivity index (χ0n) is 15.5. The van der Waals surface area contributed by atoms with Crippen LogP contribution in [-0.4, -0.2) is 60.6 Å². The van der Waals surface area contributed by atoms with Gasteiger partial charge in [0.15, 0.2) is 0 Å². The summed E-state index contributed by atoms with van der Waals surface area (Å²) in [6.07, 6.45) is 0. The molecule has 0 aliphatic heterocycles. The van der Waals surface area contributed by atoms with Crippen molar-refractivity contribution in [3.8, 4) is 0 Å². The Kier molecular flexibility index (Phi) is 5.36. The third-order valence-electron chi connectivity index (χ3n) is 3.71. The van der Waals surface area contributed by atoms with Crippen LogP contribution in [0.1, 0.15) is 23.5 Å². The van der Waals surface area contributed by atoms with Gasteiger partial charge in [-0.2, -0.15) is 0 Å². The van der Waals surface area contributed by atoms with Crippen LogP contribution in [0.5, 0.6) is 0 Å². The molecule has 0 saturated carbocycles. The number of rotatable bonds is 7. The Balaban J connectivity index is 0.00000420. The average Bonchev–Trinajstić information content (AvgIpc) is 2.65. The van der Waals surface area contributed by atoms with E-state index in [-0.39, 0.29) is 5.48 Å². The van der Waals surface area contributed by atoms with Gasteiger partial charge in [0.25, 0.3) is 11.2 Å². The molecule has 2 aromatic rings. The highest BCUT2D eigenvalue weighted by Gasteiger charge is 2.69. The molecule has 0 saturated heterocycles. The molecule has 27 heavy (non-hydrogen) atoms. The number of carbonyl (C=O) groups is 4. The molecule has 9 nitrogen and oxygen atoms in total. The van der Waals surface area contributed by atoms with Gasteiger partial charge < -0.3 is 25.9 Å². The maximum atomic E-state index is 12.7. The number of aliphatic carboxylic acids is 2. The standard InChI is InChI=1S/C18H14O8.H2O/c19-13(11-7-3-1-4-8-11)17(25,15(21)22)18(26,16(23)24)14(20)12-9-5-2-6-10-12;/h1-10,25-26H,(H,21,22)(H,23,24);1H2/i7D,9D;. The topological polar surface area (TPSA) is 181 Å². The summed E-state index contributed by atoms with van der Waals surface area (Å²) < 4.78 is 15.3. The number of Topliss-reactive ketones (excluding diaryl/α,β-unsaturated/α-hetero) is 2. The minimum Gasteiger partial charge on any atom is -0.479 e. The Hall–Kier alpha value is -3.40. The number of hydrogen-bond acceptors (Lipinski definition) is 6. The summed E-state index contributed by atoms with van der Waals surface area (Å²) in [4.78, 5) is 49.0. The van der Waals surface area contributed by atoms with E-state index in [0.717, 1.165) is 24.3 Å². The van der Waals surface area contributed by atoms with Crippen LogP contribution in [0.3, 0.4) is 0 Å². The van der Waals surface area contributed by atoms with E-state index in [4.69, 9.17) is 2.74 Å². The predicted octanol–water partition coefficient (Wildman–Crippen LogP) is -0.441. The molecule has 0 aliphatic carbocycles. The monoisotopic (exact) mass is 378 g/mol. The molecule has 0 heterocycles. The molecular weight excluding hydrogens is 360 g/mol. The van der Waals surface area contributed by atoms with Crippen LogP contribution in [0.15, 0.2) is 60.6 Å². The van der Waals surface area contributed by atoms with Gasteiger partial charge in [-0.3, -0.25) is 9.59 Å². The van der Waals surface area contributed by atoms with E-state index >= 15 is 0 Å². The Bertz CT molecular complexity index is 911. The van der Waals surface area contributed by atoms with Gasteiger partial charge in [-0.1, -0.05) is 60.6 Å². The summed E-state index contributed by atoms with van der Waals surface area (Å²) in [5, 5.41) is 40.1. The number of carbonyl (C=O) groups excluding carboxylic acids is 2. The number of carboxylic acid groups (broad SMARTS) is 2. The Morgan fingerprint density at radius 1 is 0.704 bits per heavy atom. The minimum atomic E-state index is -4.17. The second kappa shape index (κ2) is 7.87. The minimum absolute atomic E-state index is 0. The third-order valence-corrected chi connectivity index (χ3v) is 3.71. The second-order valence-corrected chi connectivity index (χ2v) is 5.24. The number of ketones is 2. The number of carboxylic acids is 2. The van der Waals surface area contributed by atoms with Gasteiger partial charge in [0.1, 0.15) is 0 Å². The Labute approximate surface area is 155 Å². The highest BCUT2D eigenvalue weighted by Crippen LogP contribution is 2.31. The number of aliphatic hydroxyl groups is 2. The molecule has 6 N–H and O–H groups in total. The molecule has 0 radical (unpaired) electrons. The van der Waals surface area contributed by atoms with E-state index in [1.807, 2.05) is 0 Å². The lowest BCUT2D eigenvalue weighted by Gasteiger charge is -2.34. The van der Waals surface area contributed by atoms with Crippen molar-refractivity contribution in [2.24, 2.45) is 0 Å². The summed E-state index contributed by atoms with van der Waals surface area (Å²) in [7, 11) is 0. The fourth-order valence-corrected chi connectivity index (χ4v) is 2.29. The van der Waals surface area contributed by atoms with Crippen molar-refractivity contribution in [1.29, 1.82) is 0 Å². The first-order chi connectivity index (χ1) is 13.0. The van der Waals surface area contributed by atoms with Gasteiger partial charge in [-0.25, -0.2) is 9.59 Å². The molecule has 0 fully saturated rings. The SMILES string of the molecule is O.[2H]c1ccccc1C(=O)C(O)(C(=O)O)C(O)(C(=O)O)C(=O)c1ccccc1[2H]. The summed E-state index contributed by atoms with van der Waals surface area (Å²) in [5.74, 6) is -8.76. The smallest absolute Gasteiger partial charge is 0.348 e. The number of benzene rings is 2. The van der Waals surface area contributed by atoms with E-state index < -0.39 is 57.9 Å². The first-order valence-electron chi connectivity index (χ1n) is 8.12. The van der Waals surface area contributed by atoms with Crippen LogP contribution in [0.25, 0.3) is 0 Å². The maximum Gasteiger partial charge on any atom is 0.348 e. The molecule has 2 atom stereocenters. The maximum absolute atomic E-state index is 12.7. The van der Waals surface area contributed by atoms with Gasteiger partial charge in [0.2, 0.25) is 11.6 Å². The van der Waals surface area contributed by atoms with Crippen LogP contribution >= 0.6 is 0 Å². The molecule has 142 valence electrons. The highest BCUT2D eigenvalue weighted by atomic mass is 16.5. The Morgan fingerprint density at radius 2 is 1.04 bits per heavy atom. The van der Waals surface area contributed by atoms with Crippen LogP contribution in [0.2, 0.25) is 0 Å². The van der Waals surface area contributed by atoms with Gasteiger partial charge in [-0.05, 0) is 0 Å². The fourth-order valence-electron chi connectivity index (χ4n) is 2.29. The van der Waals surface area contributed by atoms with Crippen LogP contribution in [-0.2, 0) is 9.59 Å². The normalized spacial score (nSPS) is 15.8. The zero-order chi connectivity index (χ0) is 21.3. The third kappa shape index (κ3) is 3.34. The first-order valence-corrected chi connectivity index (χ1v) is 7.12. The van der Waals surface area contributed by atoms with Gasteiger partial charge in [0.05, 0.1) is 2.74 Å². The molecule has 0 aromatic heterocycles. The lowest BCUT2D eigenvalue weighted by Crippen LogP contribution is -2.71. The highest BCUT2D eigenvalue weighted by molar-refractivity contribution is 6.28. The average molecular weight is 378 g/mol. The predicted molar refractivity (Wildman–Crippen MR) is 90.3 cm³/mol. The molecular formula is C18H16O9. The second-order valence-electron chi connectivity index (χ2n) is 5.24. The first kappa shape index (κ1) is 18.4. The summed E-state index contributed by atoms with van der Waals surface area (Å²) in [5.41, 5.74) is -9.79. The molecule has 0 amide bonds. The lowest BCUT2D eigenvalue weighted by atomic mass is 9.73. The van der Waals surface area contributed by atoms with E-state index in [0.29, 0.717) is 0 Å². The van der Waals surface area contributed by atoms with E-state index in [1.165, 1.54) is 24.3 Å². The van der Waals surface area contributed by atoms with Crippen molar-refractivity contribution < 1.29 is 47.8 Å². The zero-order valence-corrected chi connectivity index (χ0v) is 13.5. The fraction of sp³-hybridized carbons (Fsp3) is 0.111. The van der Waals surface area contributed by atoms with E-state index in [1.54, 1.807) is 0 Å². The van der Waals surface area contributed by atoms with Gasteiger partial charge in [0, 0.05) is 11.1 Å². The summed E-state index contributed by atoms with van der Waals surface area (Å²) in [6.45, 7) is 0. The van der Waals surface area contributed by atoms with Crippen molar-refractivity contribution in [2.45, 2.75) is 11.2 Å². The van der Waals surface area contributed by atoms with Crippen LogP contribution in [0.4, 0.5) is 0 Å². The van der Waals surface area contributed by atoms with Crippen molar-refractivity contribution in [1.82, 2.24) is 0 Å². The van der Waals surface area contributed by atoms with E-state index in [2.05, 4.69) is 0 Å². The summed E-state index contributed by atoms with van der Waals surface area (Å²) >= 11 is 0. The molecule has 2 unspecified atom stereocenters. The molecule has 0 bridgehead atoms. The lowest BCUT2D eigenvalue weighted by molar-refractivity contribution is -0.187. The van der Waals surface area contributed by atoms with Gasteiger partial charge >= 0.3 is 11.9 Å². The molecule has 9 heteroatoms. The van der Waals surface area contributed by atoms with E-state index in [9.17, 15) is 39.6 Å². The summed E-state index contributed by atoms with van der Waals surface area (Å²) in [6, 6.07) is 7.96. The van der Waals surface area contributed by atoms with Crippen molar-refractivity contribution in [2.75, 3.05) is 0 Å². The van der Waals surface area contributed by atoms with Gasteiger partial charge in [-0.15, -0.1) is 0 Å². The van der Waals surface area contributed by atoms with Crippen molar-refractivity contribution in [3.63, 3.8) is 0 Å². The van der Waals surface area contributed by atoms with Crippen LogP contribution < -0.4 is 0 Å². The molecule has 0 spiro atoms. The van der Waals surface area contributed by atoms with Crippen LogP contribution in [0, 0.1) is 0 Å². The Morgan fingerprint density at radius 3 is 1.30 bits per heavy atom. The largest absolute Gasteiger partial charge is 0.479 e. The molecule has 0 aliphatic rings. The van der Waals surface area contributed by atoms with Crippen molar-refractivity contribution >= 4 is 23.5 Å². The molecule has 2 rings (SSSR count). The molecule has 2 aromatic carbocycles.